The van der Waals surface area contributed by atoms with Crippen molar-refractivity contribution >= 4 is 17.5 Å². The molecule has 4 heteroatoms. The van der Waals surface area contributed by atoms with Crippen molar-refractivity contribution in [3.8, 4) is 0 Å². The maximum absolute atomic E-state index is 5.89. The molecule has 0 saturated carbocycles. The Hall–Kier alpha value is -1.61. The number of halogens is 1. The van der Waals surface area contributed by atoms with E-state index in [1.807, 2.05) is 6.92 Å². The number of nitrogens with one attached hydrogen (secondary N) is 1. The predicted molar refractivity (Wildman–Crippen MR) is 75.0 cm³/mol. The van der Waals surface area contributed by atoms with Gasteiger partial charge in [0.1, 0.15) is 5.15 Å². The number of nitrogens with zero attached hydrogens (tertiary/aromatic N) is 2. The Morgan fingerprint density at radius 1 is 1.06 bits per heavy atom. The van der Waals surface area contributed by atoms with Gasteiger partial charge in [-0.1, -0.05) is 29.8 Å². The van der Waals surface area contributed by atoms with Gasteiger partial charge in [0.25, 0.3) is 0 Å². The second-order valence-electron chi connectivity index (χ2n) is 4.43. The third kappa shape index (κ3) is 3.20. The van der Waals surface area contributed by atoms with Gasteiger partial charge in [0.15, 0.2) is 0 Å². The Labute approximate surface area is 112 Å². The van der Waals surface area contributed by atoms with E-state index >= 15 is 0 Å². The van der Waals surface area contributed by atoms with Gasteiger partial charge in [0, 0.05) is 12.2 Å². The van der Waals surface area contributed by atoms with Crippen molar-refractivity contribution in [1.82, 2.24) is 9.97 Å². The van der Waals surface area contributed by atoms with E-state index in [4.69, 9.17) is 11.6 Å². The van der Waals surface area contributed by atoms with Gasteiger partial charge < -0.3 is 5.32 Å². The standard InChI is InChI=1S/C14H16ClN3/c1-9-4-5-12(6-10(9)2)8-16-14-17-11(3)7-13(15)18-14/h4-7H,8H2,1-3H3,(H,16,17,18). The van der Waals surface area contributed by atoms with E-state index in [0.29, 0.717) is 17.6 Å². The second-order valence-corrected chi connectivity index (χ2v) is 4.82. The number of hydrogen-bond acceptors (Lipinski definition) is 3. The van der Waals surface area contributed by atoms with Crippen molar-refractivity contribution in [2.24, 2.45) is 0 Å². The Morgan fingerprint density at radius 2 is 1.83 bits per heavy atom. The lowest BCUT2D eigenvalue weighted by molar-refractivity contribution is 1.03. The minimum Gasteiger partial charge on any atom is -0.350 e. The van der Waals surface area contributed by atoms with Gasteiger partial charge in [-0.15, -0.1) is 0 Å². The molecule has 1 aromatic carbocycles. The molecule has 0 amide bonds. The van der Waals surface area contributed by atoms with Crippen molar-refractivity contribution in [3.63, 3.8) is 0 Å². The Kier molecular flexibility index (Phi) is 3.82. The normalized spacial score (nSPS) is 10.4. The first kappa shape index (κ1) is 12.8. The van der Waals surface area contributed by atoms with Crippen LogP contribution in [0.2, 0.25) is 5.15 Å². The van der Waals surface area contributed by atoms with Crippen LogP contribution in [0, 0.1) is 20.8 Å². The zero-order valence-electron chi connectivity index (χ0n) is 10.8. The summed E-state index contributed by atoms with van der Waals surface area (Å²) in [5, 5.41) is 3.65. The molecular weight excluding hydrogens is 246 g/mol. The summed E-state index contributed by atoms with van der Waals surface area (Å²) in [6.45, 7) is 6.81. The third-order valence-electron chi connectivity index (χ3n) is 2.84. The van der Waals surface area contributed by atoms with Gasteiger partial charge in [0.05, 0.1) is 0 Å². The highest BCUT2D eigenvalue weighted by Gasteiger charge is 2.01. The Morgan fingerprint density at radius 3 is 2.50 bits per heavy atom. The third-order valence-corrected chi connectivity index (χ3v) is 3.04. The minimum absolute atomic E-state index is 0.463. The number of rotatable bonds is 3. The molecule has 94 valence electrons. The summed E-state index contributed by atoms with van der Waals surface area (Å²) in [6, 6.07) is 8.13. The van der Waals surface area contributed by atoms with Gasteiger partial charge in [-0.25, -0.2) is 9.97 Å². The topological polar surface area (TPSA) is 37.8 Å². The van der Waals surface area contributed by atoms with Gasteiger partial charge in [-0.3, -0.25) is 0 Å². The minimum atomic E-state index is 0.463. The zero-order valence-corrected chi connectivity index (χ0v) is 11.5. The van der Waals surface area contributed by atoms with Gasteiger partial charge in [-0.2, -0.15) is 0 Å². The molecule has 0 radical (unpaired) electrons. The van der Waals surface area contributed by atoms with E-state index < -0.39 is 0 Å². The molecule has 1 N–H and O–H groups in total. The SMILES string of the molecule is Cc1cc(Cl)nc(NCc2ccc(C)c(C)c2)n1. The molecule has 0 unspecified atom stereocenters. The van der Waals surface area contributed by atoms with Crippen LogP contribution in [-0.4, -0.2) is 9.97 Å². The van der Waals surface area contributed by atoms with E-state index in [-0.39, 0.29) is 0 Å². The molecule has 18 heavy (non-hydrogen) atoms. The first-order valence-electron chi connectivity index (χ1n) is 5.86. The summed E-state index contributed by atoms with van der Waals surface area (Å²) in [5.41, 5.74) is 4.66. The molecule has 0 atom stereocenters. The molecular formula is C14H16ClN3. The summed E-state index contributed by atoms with van der Waals surface area (Å²) >= 11 is 5.89. The fourth-order valence-corrected chi connectivity index (χ4v) is 1.94. The van der Waals surface area contributed by atoms with Crippen LogP contribution in [0.15, 0.2) is 24.3 Å². The smallest absolute Gasteiger partial charge is 0.224 e. The molecule has 0 aliphatic rings. The predicted octanol–water partition coefficient (Wildman–Crippen LogP) is 3.67. The zero-order chi connectivity index (χ0) is 13.1. The van der Waals surface area contributed by atoms with Crippen LogP contribution < -0.4 is 5.32 Å². The lowest BCUT2D eigenvalue weighted by Crippen LogP contribution is -2.04. The van der Waals surface area contributed by atoms with E-state index in [1.54, 1.807) is 6.07 Å². The number of anilines is 1. The average molecular weight is 262 g/mol. The fraction of sp³-hybridized carbons (Fsp3) is 0.286. The highest BCUT2D eigenvalue weighted by Crippen LogP contribution is 2.13. The van der Waals surface area contributed by atoms with Crippen LogP contribution in [0.5, 0.6) is 0 Å². The highest BCUT2D eigenvalue weighted by atomic mass is 35.5. The van der Waals surface area contributed by atoms with Crippen LogP contribution in [0.4, 0.5) is 5.95 Å². The van der Waals surface area contributed by atoms with E-state index in [1.165, 1.54) is 16.7 Å². The second kappa shape index (κ2) is 5.36. The Balaban J connectivity index is 2.08. The summed E-state index contributed by atoms with van der Waals surface area (Å²) in [4.78, 5) is 8.41. The molecule has 0 spiro atoms. The van der Waals surface area contributed by atoms with E-state index in [0.717, 1.165) is 5.69 Å². The van der Waals surface area contributed by atoms with Gasteiger partial charge in [-0.05, 0) is 43.5 Å². The maximum Gasteiger partial charge on any atom is 0.224 e. The monoisotopic (exact) mass is 261 g/mol. The Bertz CT molecular complexity index is 547. The largest absolute Gasteiger partial charge is 0.350 e. The first-order chi connectivity index (χ1) is 8.54. The molecule has 0 fully saturated rings. The molecule has 1 aromatic heterocycles. The van der Waals surface area contributed by atoms with Crippen molar-refractivity contribution in [3.05, 3.63) is 51.8 Å². The number of aryl methyl sites for hydroxylation is 3. The molecule has 0 bridgehead atoms. The molecule has 0 aliphatic heterocycles. The molecule has 2 aromatic rings. The van der Waals surface area contributed by atoms with Crippen molar-refractivity contribution in [1.29, 1.82) is 0 Å². The van der Waals surface area contributed by atoms with Crippen LogP contribution >= 0.6 is 11.6 Å². The molecule has 1 heterocycles. The quantitative estimate of drug-likeness (QED) is 0.857. The van der Waals surface area contributed by atoms with Crippen molar-refractivity contribution in [2.45, 2.75) is 27.3 Å². The molecule has 3 nitrogen and oxygen atoms in total. The number of hydrogen-bond donors (Lipinski definition) is 1. The summed E-state index contributed by atoms with van der Waals surface area (Å²) in [5.74, 6) is 0.568. The lowest BCUT2D eigenvalue weighted by Gasteiger charge is -2.08. The van der Waals surface area contributed by atoms with E-state index in [9.17, 15) is 0 Å². The van der Waals surface area contributed by atoms with Crippen LogP contribution in [-0.2, 0) is 6.54 Å². The molecule has 2 rings (SSSR count). The van der Waals surface area contributed by atoms with Crippen LogP contribution in [0.3, 0.4) is 0 Å². The molecule has 0 saturated heterocycles. The summed E-state index contributed by atoms with van der Waals surface area (Å²) in [6.07, 6.45) is 0. The van der Waals surface area contributed by atoms with Gasteiger partial charge in [0.2, 0.25) is 5.95 Å². The van der Waals surface area contributed by atoms with Gasteiger partial charge >= 0.3 is 0 Å². The fourth-order valence-electron chi connectivity index (χ4n) is 1.70. The number of benzene rings is 1. The average Bonchev–Trinajstić information content (AvgIpc) is 2.29. The van der Waals surface area contributed by atoms with Crippen LogP contribution in [0.25, 0.3) is 0 Å². The first-order valence-corrected chi connectivity index (χ1v) is 6.23. The number of aromatic nitrogens is 2. The molecule has 0 aliphatic carbocycles. The lowest BCUT2D eigenvalue weighted by atomic mass is 10.1. The summed E-state index contributed by atoms with van der Waals surface area (Å²) in [7, 11) is 0. The summed E-state index contributed by atoms with van der Waals surface area (Å²) < 4.78 is 0. The highest BCUT2D eigenvalue weighted by molar-refractivity contribution is 6.29. The maximum atomic E-state index is 5.89. The van der Waals surface area contributed by atoms with Crippen molar-refractivity contribution < 1.29 is 0 Å². The van der Waals surface area contributed by atoms with Crippen molar-refractivity contribution in [2.75, 3.05) is 5.32 Å². The van der Waals surface area contributed by atoms with Crippen LogP contribution in [0.1, 0.15) is 22.4 Å². The van der Waals surface area contributed by atoms with E-state index in [2.05, 4.69) is 47.3 Å².